The Labute approximate surface area is 214 Å². The standard InChI is InChI=1S/C27H42N4O5/c1-17(2)28-27(35)30(5)15-23-18(3)14-31(19(4)16-32)26(34)21-12-9-13-22(24(21)36-23)29-25(33)20-10-7-6-8-11-20/h9,12-13,17-20,23,32H,6-8,10-11,14-16H2,1-5H3,(H,28,35)(H,29,33)/t18-,19-,23-/m1/s1. The van der Waals surface area contributed by atoms with Gasteiger partial charge in [0.15, 0.2) is 5.75 Å². The molecular formula is C27H42N4O5. The molecule has 0 bridgehead atoms. The lowest BCUT2D eigenvalue weighted by Crippen LogP contribution is -2.51. The number of nitrogens with zero attached hydrogens (tertiary/aromatic N) is 2. The summed E-state index contributed by atoms with van der Waals surface area (Å²) in [5.41, 5.74) is 0.796. The number of hydrogen-bond acceptors (Lipinski definition) is 5. The fourth-order valence-corrected chi connectivity index (χ4v) is 4.87. The summed E-state index contributed by atoms with van der Waals surface area (Å²) in [6.45, 7) is 8.06. The molecule has 1 aromatic carbocycles. The van der Waals surface area contributed by atoms with Crippen LogP contribution in [0.3, 0.4) is 0 Å². The third kappa shape index (κ3) is 6.69. The number of urea groups is 1. The number of amides is 4. The maximum atomic E-state index is 13.6. The molecule has 200 valence electrons. The number of aliphatic hydroxyl groups is 1. The topological polar surface area (TPSA) is 111 Å². The SMILES string of the molecule is CC(C)NC(=O)N(C)C[C@H]1Oc2c(NC(=O)C3CCCCC3)cccc2C(=O)N([C@H](C)CO)C[C@H]1C. The van der Waals surface area contributed by atoms with Crippen molar-refractivity contribution in [3.8, 4) is 5.75 Å². The molecule has 1 aliphatic heterocycles. The second-order valence-corrected chi connectivity index (χ2v) is 10.6. The number of nitrogens with one attached hydrogen (secondary N) is 2. The molecule has 0 radical (unpaired) electrons. The first-order valence-corrected chi connectivity index (χ1v) is 13.2. The third-order valence-electron chi connectivity index (χ3n) is 7.14. The van der Waals surface area contributed by atoms with E-state index in [9.17, 15) is 19.5 Å². The average Bonchev–Trinajstić information content (AvgIpc) is 2.86. The number of carbonyl (C=O) groups excluding carboxylic acids is 3. The van der Waals surface area contributed by atoms with Crippen LogP contribution < -0.4 is 15.4 Å². The van der Waals surface area contributed by atoms with E-state index in [1.54, 1.807) is 42.0 Å². The predicted molar refractivity (Wildman–Crippen MR) is 139 cm³/mol. The maximum absolute atomic E-state index is 13.6. The molecule has 0 aromatic heterocycles. The van der Waals surface area contributed by atoms with Gasteiger partial charge in [0.05, 0.1) is 30.4 Å². The number of anilines is 1. The van der Waals surface area contributed by atoms with Gasteiger partial charge >= 0.3 is 6.03 Å². The molecule has 3 atom stereocenters. The Hall–Kier alpha value is -2.81. The zero-order valence-electron chi connectivity index (χ0n) is 22.3. The van der Waals surface area contributed by atoms with E-state index in [1.807, 2.05) is 20.8 Å². The molecule has 1 saturated carbocycles. The van der Waals surface area contributed by atoms with Crippen LogP contribution in [0, 0.1) is 11.8 Å². The summed E-state index contributed by atoms with van der Waals surface area (Å²) in [5, 5.41) is 15.8. The molecule has 0 spiro atoms. The number of hydrogen-bond donors (Lipinski definition) is 3. The van der Waals surface area contributed by atoms with Crippen LogP contribution in [0.5, 0.6) is 5.75 Å². The fourth-order valence-electron chi connectivity index (χ4n) is 4.87. The van der Waals surface area contributed by atoms with Crippen LogP contribution in [-0.2, 0) is 4.79 Å². The van der Waals surface area contributed by atoms with E-state index in [0.717, 1.165) is 32.1 Å². The lowest BCUT2D eigenvalue weighted by atomic mass is 9.88. The van der Waals surface area contributed by atoms with Crippen LogP contribution >= 0.6 is 0 Å². The quantitative estimate of drug-likeness (QED) is 0.529. The van der Waals surface area contributed by atoms with Gasteiger partial charge in [0.1, 0.15) is 6.10 Å². The van der Waals surface area contributed by atoms with E-state index in [0.29, 0.717) is 30.1 Å². The minimum Gasteiger partial charge on any atom is -0.485 e. The number of aliphatic hydroxyl groups excluding tert-OH is 1. The van der Waals surface area contributed by atoms with E-state index >= 15 is 0 Å². The molecule has 3 N–H and O–H groups in total. The van der Waals surface area contributed by atoms with Crippen LogP contribution in [0.15, 0.2) is 18.2 Å². The average molecular weight is 503 g/mol. The first kappa shape index (κ1) is 27.8. The monoisotopic (exact) mass is 502 g/mol. The lowest BCUT2D eigenvalue weighted by molar-refractivity contribution is -0.120. The number of para-hydroxylation sites is 1. The number of ether oxygens (including phenoxy) is 1. The first-order chi connectivity index (χ1) is 17.1. The van der Waals surface area contributed by atoms with Crippen molar-refractivity contribution in [2.24, 2.45) is 11.8 Å². The minimum absolute atomic E-state index is 0.00327. The summed E-state index contributed by atoms with van der Waals surface area (Å²) in [5.74, 6) is -0.190. The Morgan fingerprint density at radius 3 is 2.53 bits per heavy atom. The van der Waals surface area contributed by atoms with E-state index in [4.69, 9.17) is 4.74 Å². The van der Waals surface area contributed by atoms with Crippen molar-refractivity contribution in [3.63, 3.8) is 0 Å². The first-order valence-electron chi connectivity index (χ1n) is 13.2. The summed E-state index contributed by atoms with van der Waals surface area (Å²) in [7, 11) is 1.71. The minimum atomic E-state index is -0.444. The van der Waals surface area contributed by atoms with Gasteiger partial charge in [0, 0.05) is 31.5 Å². The van der Waals surface area contributed by atoms with Crippen molar-refractivity contribution in [2.75, 3.05) is 32.1 Å². The third-order valence-corrected chi connectivity index (χ3v) is 7.14. The second-order valence-electron chi connectivity index (χ2n) is 10.6. The molecule has 3 rings (SSSR count). The van der Waals surface area contributed by atoms with Crippen molar-refractivity contribution in [1.82, 2.24) is 15.1 Å². The Morgan fingerprint density at radius 2 is 1.89 bits per heavy atom. The summed E-state index contributed by atoms with van der Waals surface area (Å²) in [6.07, 6.45) is 4.51. The summed E-state index contributed by atoms with van der Waals surface area (Å²) in [4.78, 5) is 42.5. The summed E-state index contributed by atoms with van der Waals surface area (Å²) >= 11 is 0. The molecule has 1 aliphatic carbocycles. The zero-order chi connectivity index (χ0) is 26.4. The van der Waals surface area contributed by atoms with Gasteiger partial charge in [-0.05, 0) is 45.7 Å². The molecule has 36 heavy (non-hydrogen) atoms. The number of carbonyl (C=O) groups is 3. The molecular weight excluding hydrogens is 460 g/mol. The van der Waals surface area contributed by atoms with Crippen molar-refractivity contribution in [1.29, 1.82) is 0 Å². The predicted octanol–water partition coefficient (Wildman–Crippen LogP) is 3.48. The molecule has 1 fully saturated rings. The highest BCUT2D eigenvalue weighted by molar-refractivity contribution is 6.02. The summed E-state index contributed by atoms with van der Waals surface area (Å²) in [6, 6.07) is 4.57. The van der Waals surface area contributed by atoms with Crippen LogP contribution in [0.25, 0.3) is 0 Å². The molecule has 1 heterocycles. The highest BCUT2D eigenvalue weighted by atomic mass is 16.5. The van der Waals surface area contributed by atoms with Crippen molar-refractivity contribution in [3.05, 3.63) is 23.8 Å². The van der Waals surface area contributed by atoms with Gasteiger partial charge in [-0.2, -0.15) is 0 Å². The molecule has 2 aliphatic rings. The highest BCUT2D eigenvalue weighted by Crippen LogP contribution is 2.36. The van der Waals surface area contributed by atoms with Gasteiger partial charge < -0.3 is 30.3 Å². The van der Waals surface area contributed by atoms with Crippen molar-refractivity contribution >= 4 is 23.5 Å². The van der Waals surface area contributed by atoms with Gasteiger partial charge in [0.25, 0.3) is 5.91 Å². The highest BCUT2D eigenvalue weighted by Gasteiger charge is 2.35. The number of fused-ring (bicyclic) bond motifs is 1. The largest absolute Gasteiger partial charge is 0.485 e. The van der Waals surface area contributed by atoms with Gasteiger partial charge in [-0.3, -0.25) is 9.59 Å². The molecule has 1 aromatic rings. The lowest BCUT2D eigenvalue weighted by Gasteiger charge is -2.38. The smallest absolute Gasteiger partial charge is 0.317 e. The van der Waals surface area contributed by atoms with E-state index in [2.05, 4.69) is 10.6 Å². The molecule has 0 saturated heterocycles. The van der Waals surface area contributed by atoms with Crippen molar-refractivity contribution < 1.29 is 24.2 Å². The molecule has 4 amide bonds. The maximum Gasteiger partial charge on any atom is 0.317 e. The van der Waals surface area contributed by atoms with E-state index < -0.39 is 12.1 Å². The molecule has 9 nitrogen and oxygen atoms in total. The Bertz CT molecular complexity index is 931. The second kappa shape index (κ2) is 12.4. The number of benzene rings is 1. The van der Waals surface area contributed by atoms with E-state index in [1.165, 1.54) is 0 Å². The van der Waals surface area contributed by atoms with Crippen molar-refractivity contribution in [2.45, 2.75) is 78.0 Å². The number of likely N-dealkylation sites (N-methyl/N-ethyl adjacent to an activating group) is 1. The number of rotatable bonds is 7. The van der Waals surface area contributed by atoms with E-state index in [-0.39, 0.29) is 42.3 Å². The van der Waals surface area contributed by atoms with Crippen LogP contribution in [0.1, 0.15) is 70.2 Å². The fraction of sp³-hybridized carbons (Fsp3) is 0.667. The van der Waals surface area contributed by atoms with Crippen LogP contribution in [-0.4, -0.2) is 77.7 Å². The Morgan fingerprint density at radius 1 is 1.19 bits per heavy atom. The van der Waals surface area contributed by atoms with Gasteiger partial charge in [-0.1, -0.05) is 32.3 Å². The van der Waals surface area contributed by atoms with Gasteiger partial charge in [-0.25, -0.2) is 4.79 Å². The van der Waals surface area contributed by atoms with Gasteiger partial charge in [0.2, 0.25) is 5.91 Å². The zero-order valence-corrected chi connectivity index (χ0v) is 22.3. The molecule has 9 heteroatoms. The van der Waals surface area contributed by atoms with Gasteiger partial charge in [-0.15, -0.1) is 0 Å². The van der Waals surface area contributed by atoms with Crippen LogP contribution in [0.4, 0.5) is 10.5 Å². The molecule has 0 unspecified atom stereocenters. The van der Waals surface area contributed by atoms with Crippen LogP contribution in [0.2, 0.25) is 0 Å². The Balaban J connectivity index is 1.95. The normalized spacial score (nSPS) is 21.6. The Kier molecular flexibility index (Phi) is 9.59. The summed E-state index contributed by atoms with van der Waals surface area (Å²) < 4.78 is 6.48.